The van der Waals surface area contributed by atoms with E-state index in [4.69, 9.17) is 32.4 Å². The second-order valence-corrected chi connectivity index (χ2v) is 7.71. The molecule has 124 valence electrons. The normalized spacial score (nSPS) is 19.9. The zero-order valence-corrected chi connectivity index (χ0v) is 14.4. The number of hydrogen-bond acceptors (Lipinski definition) is 6. The van der Waals surface area contributed by atoms with Crippen LogP contribution in [-0.2, 0) is 14.8 Å². The first-order chi connectivity index (χ1) is 10.9. The van der Waals surface area contributed by atoms with E-state index in [2.05, 4.69) is 10.2 Å². The summed E-state index contributed by atoms with van der Waals surface area (Å²) < 4.78 is 37.7. The van der Waals surface area contributed by atoms with E-state index in [1.165, 1.54) is 22.5 Å². The molecule has 0 N–H and O–H groups in total. The fourth-order valence-corrected chi connectivity index (χ4v) is 4.41. The molecule has 0 bridgehead atoms. The first kappa shape index (κ1) is 16.7. The number of nitrogens with zero attached hydrogens (tertiary/aromatic N) is 3. The maximum absolute atomic E-state index is 12.8. The van der Waals surface area contributed by atoms with Gasteiger partial charge in [0.2, 0.25) is 21.8 Å². The van der Waals surface area contributed by atoms with Gasteiger partial charge in [0.05, 0.1) is 11.6 Å². The summed E-state index contributed by atoms with van der Waals surface area (Å²) in [6.45, 7) is 2.13. The number of ether oxygens (including phenoxy) is 1. The lowest BCUT2D eigenvalue weighted by atomic mass is 10.3. The van der Waals surface area contributed by atoms with Crippen molar-refractivity contribution in [3.05, 3.63) is 40.0 Å². The lowest BCUT2D eigenvalue weighted by molar-refractivity contribution is -0.0176. The molecule has 1 unspecified atom stereocenters. The molecule has 1 aromatic heterocycles. The van der Waals surface area contributed by atoms with Gasteiger partial charge in [0.25, 0.3) is 0 Å². The molecule has 10 heteroatoms. The van der Waals surface area contributed by atoms with Crippen LogP contribution in [0.15, 0.2) is 27.5 Å². The van der Waals surface area contributed by atoms with Gasteiger partial charge in [-0.1, -0.05) is 23.2 Å². The highest BCUT2D eigenvalue weighted by molar-refractivity contribution is 7.89. The molecule has 2 aromatic rings. The third-order valence-corrected chi connectivity index (χ3v) is 5.94. The van der Waals surface area contributed by atoms with Gasteiger partial charge < -0.3 is 9.15 Å². The van der Waals surface area contributed by atoms with Gasteiger partial charge in [-0.25, -0.2) is 8.42 Å². The van der Waals surface area contributed by atoms with Gasteiger partial charge in [-0.05, 0) is 18.2 Å². The fourth-order valence-electron chi connectivity index (χ4n) is 2.25. The number of halogens is 2. The van der Waals surface area contributed by atoms with Crippen LogP contribution in [0.3, 0.4) is 0 Å². The van der Waals surface area contributed by atoms with E-state index in [9.17, 15) is 8.42 Å². The zero-order chi connectivity index (χ0) is 16.6. The Balaban J connectivity index is 1.89. The Kier molecular flexibility index (Phi) is 4.61. The number of hydrogen-bond donors (Lipinski definition) is 0. The van der Waals surface area contributed by atoms with Gasteiger partial charge in [-0.15, -0.1) is 10.2 Å². The molecule has 0 radical (unpaired) electrons. The molecule has 1 aliphatic rings. The van der Waals surface area contributed by atoms with Gasteiger partial charge in [0, 0.05) is 25.0 Å². The van der Waals surface area contributed by atoms with Crippen molar-refractivity contribution in [2.75, 3.05) is 19.7 Å². The molecule has 0 amide bonds. The second kappa shape index (κ2) is 6.37. The molecule has 1 fully saturated rings. The van der Waals surface area contributed by atoms with E-state index in [-0.39, 0.29) is 35.5 Å². The van der Waals surface area contributed by atoms with Crippen molar-refractivity contribution >= 4 is 33.2 Å². The molecule has 1 atom stereocenters. The van der Waals surface area contributed by atoms with Gasteiger partial charge in [-0.2, -0.15) is 4.31 Å². The Morgan fingerprint density at radius 2 is 2.09 bits per heavy atom. The summed E-state index contributed by atoms with van der Waals surface area (Å²) in [7, 11) is -3.80. The van der Waals surface area contributed by atoms with Crippen LogP contribution in [0.25, 0.3) is 0 Å². The number of aromatic nitrogens is 2. The van der Waals surface area contributed by atoms with Gasteiger partial charge >= 0.3 is 0 Å². The summed E-state index contributed by atoms with van der Waals surface area (Å²) in [5, 5.41) is 8.02. The molecule has 0 spiro atoms. The van der Waals surface area contributed by atoms with Gasteiger partial charge in [0.1, 0.15) is 11.0 Å². The molecular formula is C13H13Cl2N3O4S. The molecular weight excluding hydrogens is 365 g/mol. The summed E-state index contributed by atoms with van der Waals surface area (Å²) >= 11 is 11.9. The maximum Gasteiger partial charge on any atom is 0.246 e. The number of rotatable bonds is 3. The minimum Gasteiger partial charge on any atom is -0.423 e. The van der Waals surface area contributed by atoms with Crippen LogP contribution in [0.5, 0.6) is 0 Å². The largest absolute Gasteiger partial charge is 0.423 e. The lowest BCUT2D eigenvalue weighted by Crippen LogP contribution is -2.42. The van der Waals surface area contributed by atoms with Crippen LogP contribution in [-0.4, -0.2) is 42.6 Å². The Hall–Kier alpha value is -1.19. The molecule has 1 aliphatic heterocycles. The van der Waals surface area contributed by atoms with Crippen LogP contribution in [0.4, 0.5) is 0 Å². The van der Waals surface area contributed by atoms with E-state index < -0.39 is 16.1 Å². The van der Waals surface area contributed by atoms with E-state index in [1.807, 2.05) is 0 Å². The Bertz CT molecular complexity index is 824. The number of morpholine rings is 1. The molecule has 23 heavy (non-hydrogen) atoms. The average Bonchev–Trinajstić information content (AvgIpc) is 2.96. The maximum atomic E-state index is 12.8. The minimum absolute atomic E-state index is 0.0333. The predicted molar refractivity (Wildman–Crippen MR) is 82.9 cm³/mol. The topological polar surface area (TPSA) is 85.5 Å². The molecule has 7 nitrogen and oxygen atoms in total. The summed E-state index contributed by atoms with van der Waals surface area (Å²) in [6.07, 6.45) is -0.613. The molecule has 1 aromatic carbocycles. The van der Waals surface area contributed by atoms with Crippen LogP contribution in [0, 0.1) is 6.92 Å². The third-order valence-electron chi connectivity index (χ3n) is 3.36. The van der Waals surface area contributed by atoms with Crippen molar-refractivity contribution in [2.45, 2.75) is 17.9 Å². The number of benzene rings is 1. The first-order valence-electron chi connectivity index (χ1n) is 6.75. The highest BCUT2D eigenvalue weighted by Gasteiger charge is 2.35. The minimum atomic E-state index is -3.80. The van der Waals surface area contributed by atoms with E-state index in [1.54, 1.807) is 6.92 Å². The van der Waals surface area contributed by atoms with Crippen LogP contribution >= 0.6 is 23.2 Å². The number of aryl methyl sites for hydroxylation is 1. The summed E-state index contributed by atoms with van der Waals surface area (Å²) in [5.41, 5.74) is 0. The molecule has 1 saturated heterocycles. The Labute approximate surface area is 143 Å². The Morgan fingerprint density at radius 3 is 2.78 bits per heavy atom. The highest BCUT2D eigenvalue weighted by Crippen LogP contribution is 2.30. The van der Waals surface area contributed by atoms with Crippen molar-refractivity contribution in [3.8, 4) is 0 Å². The molecule has 3 rings (SSSR count). The number of sulfonamides is 1. The van der Waals surface area contributed by atoms with Crippen molar-refractivity contribution in [1.29, 1.82) is 0 Å². The smallest absolute Gasteiger partial charge is 0.246 e. The Morgan fingerprint density at radius 1 is 1.30 bits per heavy atom. The monoisotopic (exact) mass is 377 g/mol. The van der Waals surface area contributed by atoms with Crippen molar-refractivity contribution < 1.29 is 17.6 Å². The first-order valence-corrected chi connectivity index (χ1v) is 8.94. The SMILES string of the molecule is Cc1nnc(C2CN(S(=O)(=O)c3cc(Cl)ccc3Cl)CCO2)o1. The third kappa shape index (κ3) is 3.36. The summed E-state index contributed by atoms with van der Waals surface area (Å²) in [4.78, 5) is -0.0333. The van der Waals surface area contributed by atoms with E-state index >= 15 is 0 Å². The quantitative estimate of drug-likeness (QED) is 0.816. The van der Waals surface area contributed by atoms with Crippen molar-refractivity contribution in [2.24, 2.45) is 0 Å². The van der Waals surface area contributed by atoms with Crippen molar-refractivity contribution in [3.63, 3.8) is 0 Å². The molecule has 2 heterocycles. The highest BCUT2D eigenvalue weighted by atomic mass is 35.5. The fraction of sp³-hybridized carbons (Fsp3) is 0.385. The molecule has 0 saturated carbocycles. The summed E-state index contributed by atoms with van der Waals surface area (Å²) in [6, 6.07) is 4.32. The lowest BCUT2D eigenvalue weighted by Gasteiger charge is -2.30. The molecule has 0 aliphatic carbocycles. The van der Waals surface area contributed by atoms with Crippen LogP contribution in [0.1, 0.15) is 17.9 Å². The van der Waals surface area contributed by atoms with Crippen molar-refractivity contribution in [1.82, 2.24) is 14.5 Å². The van der Waals surface area contributed by atoms with E-state index in [0.29, 0.717) is 10.9 Å². The van der Waals surface area contributed by atoms with Gasteiger partial charge in [0.15, 0.2) is 0 Å². The van der Waals surface area contributed by atoms with Crippen LogP contribution < -0.4 is 0 Å². The predicted octanol–water partition coefficient (Wildman–Crippen LogP) is 2.45. The summed E-state index contributed by atoms with van der Waals surface area (Å²) in [5.74, 6) is 0.640. The standard InChI is InChI=1S/C13H13Cl2N3O4S/c1-8-16-17-13(22-8)11-7-18(4-5-21-11)23(19,20)12-6-9(14)2-3-10(12)15/h2-3,6,11H,4-5,7H2,1H3. The zero-order valence-electron chi connectivity index (χ0n) is 12.1. The second-order valence-electron chi connectivity index (χ2n) is 4.96. The van der Waals surface area contributed by atoms with E-state index in [0.717, 1.165) is 0 Å². The van der Waals surface area contributed by atoms with Gasteiger partial charge in [-0.3, -0.25) is 0 Å². The average molecular weight is 378 g/mol. The van der Waals surface area contributed by atoms with Crippen LogP contribution in [0.2, 0.25) is 10.0 Å².